The Kier molecular flexibility index (Phi) is 6.17. The molecule has 0 fully saturated rings. The largest absolute Gasteiger partial charge is 0.309 e. The summed E-state index contributed by atoms with van der Waals surface area (Å²) in [5, 5.41) is 7.45. The minimum atomic E-state index is -2.93. The lowest BCUT2D eigenvalue weighted by atomic mass is 10.1. The number of aryl methyl sites for hydroxylation is 1. The highest BCUT2D eigenvalue weighted by molar-refractivity contribution is 7.90. The molecule has 5 nitrogen and oxygen atoms in total. The summed E-state index contributed by atoms with van der Waals surface area (Å²) in [5.74, 6) is 0.189. The van der Waals surface area contributed by atoms with Crippen LogP contribution in [0, 0.1) is 0 Å². The van der Waals surface area contributed by atoms with Crippen molar-refractivity contribution in [3.63, 3.8) is 0 Å². The molecule has 1 atom stereocenters. The highest BCUT2D eigenvalue weighted by atomic mass is 32.2. The first kappa shape index (κ1) is 15.5. The summed E-state index contributed by atoms with van der Waals surface area (Å²) in [6.07, 6.45) is 3.76. The van der Waals surface area contributed by atoms with Crippen molar-refractivity contribution in [1.82, 2.24) is 14.9 Å². The first-order chi connectivity index (χ1) is 8.48. The number of hydrogen-bond donors (Lipinski definition) is 1. The molecule has 1 aromatic rings. The summed E-state index contributed by atoms with van der Waals surface area (Å²) >= 11 is 1.37. The van der Waals surface area contributed by atoms with Crippen LogP contribution in [-0.2, 0) is 16.3 Å². The SMILES string of the molecule is CCCc1nnsc1C(CCS(C)(=O)=O)NCC. The average molecular weight is 291 g/mol. The maximum atomic E-state index is 11.3. The second-order valence-electron chi connectivity index (χ2n) is 4.36. The molecule has 0 aliphatic heterocycles. The standard InChI is InChI=1S/C11H21N3O2S2/c1-4-6-10-11(17-14-13-10)9(12-5-2)7-8-18(3,15)16/h9,12H,4-8H2,1-3H3. The summed E-state index contributed by atoms with van der Waals surface area (Å²) in [6.45, 7) is 4.92. The fraction of sp³-hybridized carbons (Fsp3) is 0.818. The molecule has 0 spiro atoms. The number of hydrogen-bond acceptors (Lipinski definition) is 6. The van der Waals surface area contributed by atoms with Crippen LogP contribution < -0.4 is 5.32 Å². The van der Waals surface area contributed by atoms with Crippen LogP contribution in [0.25, 0.3) is 0 Å². The van der Waals surface area contributed by atoms with Gasteiger partial charge in [0.1, 0.15) is 9.84 Å². The van der Waals surface area contributed by atoms with Crippen LogP contribution >= 0.6 is 11.5 Å². The van der Waals surface area contributed by atoms with Crippen molar-refractivity contribution in [2.45, 2.75) is 39.2 Å². The number of nitrogens with one attached hydrogen (secondary N) is 1. The van der Waals surface area contributed by atoms with E-state index < -0.39 is 9.84 Å². The number of sulfone groups is 1. The van der Waals surface area contributed by atoms with Crippen molar-refractivity contribution in [2.24, 2.45) is 0 Å². The first-order valence-electron chi connectivity index (χ1n) is 6.20. The zero-order chi connectivity index (χ0) is 13.6. The van der Waals surface area contributed by atoms with Gasteiger partial charge in [0.2, 0.25) is 0 Å². The molecule has 104 valence electrons. The molecule has 0 saturated carbocycles. The van der Waals surface area contributed by atoms with Crippen LogP contribution in [0.5, 0.6) is 0 Å². The van der Waals surface area contributed by atoms with Gasteiger partial charge < -0.3 is 5.32 Å². The van der Waals surface area contributed by atoms with Gasteiger partial charge in [-0.15, -0.1) is 5.10 Å². The Bertz CT molecular complexity index is 457. The molecule has 7 heteroatoms. The van der Waals surface area contributed by atoms with E-state index in [0.717, 1.165) is 30.0 Å². The Morgan fingerprint density at radius 1 is 1.39 bits per heavy atom. The predicted octanol–water partition coefficient (Wildman–Crippen LogP) is 1.58. The maximum absolute atomic E-state index is 11.3. The molecule has 18 heavy (non-hydrogen) atoms. The zero-order valence-electron chi connectivity index (χ0n) is 11.1. The van der Waals surface area contributed by atoms with Crippen LogP contribution in [0.1, 0.15) is 43.3 Å². The van der Waals surface area contributed by atoms with E-state index in [2.05, 4.69) is 21.8 Å². The van der Waals surface area contributed by atoms with E-state index in [-0.39, 0.29) is 11.8 Å². The maximum Gasteiger partial charge on any atom is 0.147 e. The zero-order valence-corrected chi connectivity index (χ0v) is 12.8. The number of aromatic nitrogens is 2. The van der Waals surface area contributed by atoms with Gasteiger partial charge >= 0.3 is 0 Å². The normalized spacial score (nSPS) is 13.7. The Balaban J connectivity index is 2.79. The van der Waals surface area contributed by atoms with Crippen LogP contribution in [0.4, 0.5) is 0 Å². The summed E-state index contributed by atoms with van der Waals surface area (Å²) in [7, 11) is -2.93. The van der Waals surface area contributed by atoms with Crippen LogP contribution in [0.3, 0.4) is 0 Å². The molecule has 1 N–H and O–H groups in total. The average Bonchev–Trinajstić information content (AvgIpc) is 2.72. The van der Waals surface area contributed by atoms with E-state index in [4.69, 9.17) is 0 Å². The van der Waals surface area contributed by atoms with Gasteiger partial charge in [0.15, 0.2) is 0 Å². The number of nitrogens with zero attached hydrogens (tertiary/aromatic N) is 2. The molecule has 0 bridgehead atoms. The highest BCUT2D eigenvalue weighted by Gasteiger charge is 2.19. The van der Waals surface area contributed by atoms with Crippen molar-refractivity contribution in [2.75, 3.05) is 18.6 Å². The summed E-state index contributed by atoms with van der Waals surface area (Å²) < 4.78 is 26.5. The van der Waals surface area contributed by atoms with E-state index in [1.807, 2.05) is 6.92 Å². The summed E-state index contributed by atoms with van der Waals surface area (Å²) in [4.78, 5) is 1.09. The summed E-state index contributed by atoms with van der Waals surface area (Å²) in [5.41, 5.74) is 1.00. The molecule has 1 heterocycles. The molecule has 0 aliphatic carbocycles. The van der Waals surface area contributed by atoms with Crippen LogP contribution in [0.2, 0.25) is 0 Å². The van der Waals surface area contributed by atoms with E-state index in [9.17, 15) is 8.42 Å². The molecule has 0 aromatic carbocycles. The van der Waals surface area contributed by atoms with Crippen LogP contribution in [0.15, 0.2) is 0 Å². The Hall–Kier alpha value is -0.530. The molecule has 1 aromatic heterocycles. The van der Waals surface area contributed by atoms with Crippen molar-refractivity contribution in [3.05, 3.63) is 10.6 Å². The topological polar surface area (TPSA) is 72.0 Å². The smallest absolute Gasteiger partial charge is 0.147 e. The van der Waals surface area contributed by atoms with E-state index in [1.165, 1.54) is 17.8 Å². The first-order valence-corrected chi connectivity index (χ1v) is 9.03. The Morgan fingerprint density at radius 3 is 2.67 bits per heavy atom. The monoisotopic (exact) mass is 291 g/mol. The van der Waals surface area contributed by atoms with Crippen LogP contribution in [-0.4, -0.2) is 36.6 Å². The number of rotatable bonds is 8. The lowest BCUT2D eigenvalue weighted by Crippen LogP contribution is -2.23. The lowest BCUT2D eigenvalue weighted by Gasteiger charge is -2.16. The van der Waals surface area contributed by atoms with Gasteiger partial charge in [-0.25, -0.2) is 8.42 Å². The van der Waals surface area contributed by atoms with Gasteiger partial charge in [0.25, 0.3) is 0 Å². The quantitative estimate of drug-likeness (QED) is 0.787. The molecule has 1 unspecified atom stereocenters. The molecule has 0 aliphatic rings. The molecular formula is C11H21N3O2S2. The second-order valence-corrected chi connectivity index (χ2v) is 7.41. The molecular weight excluding hydrogens is 270 g/mol. The van der Waals surface area contributed by atoms with Crippen molar-refractivity contribution < 1.29 is 8.42 Å². The van der Waals surface area contributed by atoms with Crippen molar-refractivity contribution >= 4 is 21.4 Å². The third-order valence-electron chi connectivity index (χ3n) is 2.62. The van der Waals surface area contributed by atoms with Crippen molar-refractivity contribution in [3.8, 4) is 0 Å². The summed E-state index contributed by atoms with van der Waals surface area (Å²) in [6, 6.07) is 0.0475. The minimum Gasteiger partial charge on any atom is -0.309 e. The van der Waals surface area contributed by atoms with Gasteiger partial charge in [-0.3, -0.25) is 0 Å². The van der Waals surface area contributed by atoms with E-state index in [1.54, 1.807) is 0 Å². The third-order valence-corrected chi connectivity index (χ3v) is 4.47. The molecule has 0 amide bonds. The van der Waals surface area contributed by atoms with Crippen molar-refractivity contribution in [1.29, 1.82) is 0 Å². The fourth-order valence-corrected chi connectivity index (χ4v) is 3.26. The Morgan fingerprint density at radius 2 is 2.11 bits per heavy atom. The second kappa shape index (κ2) is 7.16. The van der Waals surface area contributed by atoms with Gasteiger partial charge in [-0.05, 0) is 30.9 Å². The molecule has 0 saturated heterocycles. The fourth-order valence-electron chi connectivity index (χ4n) is 1.79. The Labute approximate surface area is 113 Å². The highest BCUT2D eigenvalue weighted by Crippen LogP contribution is 2.24. The van der Waals surface area contributed by atoms with Gasteiger partial charge in [0, 0.05) is 12.3 Å². The van der Waals surface area contributed by atoms with E-state index in [0.29, 0.717) is 6.42 Å². The van der Waals surface area contributed by atoms with Gasteiger partial charge in [-0.1, -0.05) is 24.8 Å². The third kappa shape index (κ3) is 4.99. The lowest BCUT2D eigenvalue weighted by molar-refractivity contribution is 0.531. The minimum absolute atomic E-state index is 0.0475. The van der Waals surface area contributed by atoms with Gasteiger partial charge in [-0.2, -0.15) is 0 Å². The predicted molar refractivity (Wildman–Crippen MR) is 74.6 cm³/mol. The van der Waals surface area contributed by atoms with E-state index >= 15 is 0 Å². The van der Waals surface area contributed by atoms with Gasteiger partial charge in [0.05, 0.1) is 16.3 Å². The molecule has 0 radical (unpaired) electrons. The molecule has 1 rings (SSSR count).